The van der Waals surface area contributed by atoms with Crippen LogP contribution >= 0.6 is 0 Å². The predicted molar refractivity (Wildman–Crippen MR) is 131 cm³/mol. The van der Waals surface area contributed by atoms with E-state index in [2.05, 4.69) is 66.9 Å². The zero-order valence-corrected chi connectivity index (χ0v) is 19.4. The first-order valence-corrected chi connectivity index (χ1v) is 12.1. The molecule has 1 saturated heterocycles. The van der Waals surface area contributed by atoms with Crippen molar-refractivity contribution in [1.29, 1.82) is 0 Å². The maximum absolute atomic E-state index is 12.8. The van der Waals surface area contributed by atoms with Gasteiger partial charge in [-0.15, -0.1) is 0 Å². The number of anilines is 3. The third-order valence-corrected chi connectivity index (χ3v) is 6.72. The van der Waals surface area contributed by atoms with Gasteiger partial charge in [-0.2, -0.15) is 28.1 Å². The molecular formula is C26H29F3N6. The molecule has 184 valence electrons. The molecule has 6 nitrogen and oxygen atoms in total. The summed E-state index contributed by atoms with van der Waals surface area (Å²) in [6, 6.07) is 18.8. The second kappa shape index (κ2) is 10.1. The molecule has 5 rings (SSSR count). The first-order valence-electron chi connectivity index (χ1n) is 12.1. The maximum atomic E-state index is 12.8. The van der Waals surface area contributed by atoms with Crippen molar-refractivity contribution in [3.8, 4) is 0 Å². The quantitative estimate of drug-likeness (QED) is 0.500. The topological polar surface area (TPSA) is 66.0 Å². The van der Waals surface area contributed by atoms with Gasteiger partial charge in [-0.05, 0) is 54.7 Å². The van der Waals surface area contributed by atoms with E-state index in [-0.39, 0.29) is 12.0 Å². The van der Waals surface area contributed by atoms with Crippen molar-refractivity contribution in [3.63, 3.8) is 0 Å². The van der Waals surface area contributed by atoms with Gasteiger partial charge in [0.1, 0.15) is 6.54 Å². The average molecular weight is 483 g/mol. The highest BCUT2D eigenvalue weighted by atomic mass is 19.4. The number of nitrogens with zero attached hydrogens (tertiary/aromatic N) is 4. The van der Waals surface area contributed by atoms with Gasteiger partial charge < -0.3 is 15.5 Å². The van der Waals surface area contributed by atoms with Crippen LogP contribution in [0.25, 0.3) is 0 Å². The van der Waals surface area contributed by atoms with Crippen LogP contribution in [0.2, 0.25) is 0 Å². The summed E-state index contributed by atoms with van der Waals surface area (Å²) in [6.45, 7) is 0.326. The second-order valence-electron chi connectivity index (χ2n) is 9.39. The Morgan fingerprint density at radius 1 is 0.829 bits per heavy atom. The van der Waals surface area contributed by atoms with Gasteiger partial charge in [-0.25, -0.2) is 0 Å². The summed E-state index contributed by atoms with van der Waals surface area (Å²) < 4.78 is 38.5. The predicted octanol–water partition coefficient (Wildman–Crippen LogP) is 4.88. The van der Waals surface area contributed by atoms with Gasteiger partial charge in [0.2, 0.25) is 17.8 Å². The minimum Gasteiger partial charge on any atom is -0.351 e. The number of halogens is 3. The Labute approximate surface area is 203 Å². The first kappa shape index (κ1) is 23.4. The van der Waals surface area contributed by atoms with Crippen LogP contribution in [0, 0.1) is 5.92 Å². The van der Waals surface area contributed by atoms with Gasteiger partial charge >= 0.3 is 6.18 Å². The second-order valence-corrected chi connectivity index (χ2v) is 9.39. The molecule has 1 fully saturated rings. The Hall–Kier alpha value is -3.36. The minimum atomic E-state index is -4.36. The highest BCUT2D eigenvalue weighted by Crippen LogP contribution is 2.27. The van der Waals surface area contributed by atoms with Crippen LogP contribution in [0.5, 0.6) is 0 Å². The molecule has 1 aliphatic carbocycles. The van der Waals surface area contributed by atoms with Crippen molar-refractivity contribution in [2.24, 2.45) is 5.92 Å². The lowest BCUT2D eigenvalue weighted by atomic mass is 9.90. The number of hydrogen-bond acceptors (Lipinski definition) is 6. The van der Waals surface area contributed by atoms with E-state index in [0.717, 1.165) is 45.2 Å². The molecule has 1 aliphatic heterocycles. The zero-order valence-electron chi connectivity index (χ0n) is 19.4. The average Bonchev–Trinajstić information content (AvgIpc) is 3.26. The maximum Gasteiger partial charge on any atom is 0.405 e. The lowest BCUT2D eigenvalue weighted by Crippen LogP contribution is -2.36. The summed E-state index contributed by atoms with van der Waals surface area (Å²) in [7, 11) is 0. The fourth-order valence-electron chi connectivity index (χ4n) is 4.96. The highest BCUT2D eigenvalue weighted by molar-refractivity contribution is 5.46. The Balaban J connectivity index is 1.28. The number of piperidine rings is 1. The third kappa shape index (κ3) is 6.21. The van der Waals surface area contributed by atoms with Gasteiger partial charge in [0.25, 0.3) is 0 Å². The normalized spacial score (nSPS) is 16.8. The van der Waals surface area contributed by atoms with Gasteiger partial charge in [0.15, 0.2) is 0 Å². The summed E-state index contributed by atoms with van der Waals surface area (Å²) in [6.07, 6.45) is 0.280. The molecule has 3 aromatic rings. The molecule has 0 amide bonds. The highest BCUT2D eigenvalue weighted by Gasteiger charge is 2.29. The molecule has 35 heavy (non-hydrogen) atoms. The molecule has 2 N–H and O–H groups in total. The van der Waals surface area contributed by atoms with Crippen molar-refractivity contribution < 1.29 is 13.2 Å². The van der Waals surface area contributed by atoms with Crippen molar-refractivity contribution in [1.82, 2.24) is 15.0 Å². The van der Waals surface area contributed by atoms with Crippen molar-refractivity contribution >= 4 is 17.8 Å². The van der Waals surface area contributed by atoms with E-state index in [4.69, 9.17) is 0 Å². The lowest BCUT2D eigenvalue weighted by molar-refractivity contribution is -0.115. The first-order chi connectivity index (χ1) is 16.9. The standard InChI is InChI=1S/C26H29F3N6/c27-26(28,29)17-30-23-32-24(31-22-15-20-8-4-5-9-21(20)16-22)34-25(33-23)35-12-10-19(11-13-35)14-18-6-2-1-3-7-18/h1-9,19,22H,10-17H2,(H2,30,31,32,33,34). The van der Waals surface area contributed by atoms with Crippen LogP contribution in [-0.2, 0) is 19.3 Å². The smallest absolute Gasteiger partial charge is 0.351 e. The number of fused-ring (bicyclic) bond motifs is 1. The van der Waals surface area contributed by atoms with Crippen LogP contribution in [0.3, 0.4) is 0 Å². The van der Waals surface area contributed by atoms with E-state index in [1.54, 1.807) is 0 Å². The molecule has 9 heteroatoms. The molecule has 0 unspecified atom stereocenters. The van der Waals surface area contributed by atoms with Crippen LogP contribution in [0.1, 0.15) is 29.5 Å². The van der Waals surface area contributed by atoms with Crippen LogP contribution < -0.4 is 15.5 Å². The zero-order chi connectivity index (χ0) is 24.3. The summed E-state index contributed by atoms with van der Waals surface area (Å²) in [5, 5.41) is 5.67. The minimum absolute atomic E-state index is 0.0586. The molecule has 0 bridgehead atoms. The molecular weight excluding hydrogens is 453 g/mol. The third-order valence-electron chi connectivity index (χ3n) is 6.72. The van der Waals surface area contributed by atoms with E-state index < -0.39 is 12.7 Å². The van der Waals surface area contributed by atoms with Gasteiger partial charge in [-0.3, -0.25) is 0 Å². The summed E-state index contributed by atoms with van der Waals surface area (Å²) in [4.78, 5) is 15.3. The van der Waals surface area contributed by atoms with Gasteiger partial charge in [0.05, 0.1) is 0 Å². The van der Waals surface area contributed by atoms with Crippen molar-refractivity contribution in [2.45, 2.75) is 44.3 Å². The number of alkyl halides is 3. The SMILES string of the molecule is FC(F)(F)CNc1nc(NC2Cc3ccccc3C2)nc(N2CCC(Cc3ccccc3)CC2)n1. The Bertz CT molecular complexity index is 1100. The monoisotopic (exact) mass is 482 g/mol. The largest absolute Gasteiger partial charge is 0.405 e. The van der Waals surface area contributed by atoms with E-state index in [1.165, 1.54) is 16.7 Å². The summed E-state index contributed by atoms with van der Waals surface area (Å²) in [5.74, 6) is 1.23. The molecule has 2 heterocycles. The van der Waals surface area contributed by atoms with E-state index in [1.807, 2.05) is 18.2 Å². The number of rotatable bonds is 7. The molecule has 0 atom stereocenters. The molecule has 0 radical (unpaired) electrons. The van der Waals surface area contributed by atoms with Gasteiger partial charge in [-0.1, -0.05) is 54.6 Å². The van der Waals surface area contributed by atoms with Crippen LogP contribution in [0.4, 0.5) is 31.0 Å². The van der Waals surface area contributed by atoms with Crippen molar-refractivity contribution in [2.75, 3.05) is 35.2 Å². The fraction of sp³-hybridized carbons (Fsp3) is 0.423. The summed E-state index contributed by atoms with van der Waals surface area (Å²) in [5.41, 5.74) is 3.87. The molecule has 2 aromatic carbocycles. The Morgan fingerprint density at radius 2 is 1.46 bits per heavy atom. The van der Waals surface area contributed by atoms with E-state index >= 15 is 0 Å². The molecule has 0 spiro atoms. The van der Waals surface area contributed by atoms with Crippen LogP contribution in [0.15, 0.2) is 54.6 Å². The Kier molecular flexibility index (Phi) is 6.74. The number of nitrogens with one attached hydrogen (secondary N) is 2. The number of hydrogen-bond donors (Lipinski definition) is 2. The molecule has 0 saturated carbocycles. The van der Waals surface area contributed by atoms with E-state index in [9.17, 15) is 13.2 Å². The molecule has 1 aromatic heterocycles. The molecule has 2 aliphatic rings. The van der Waals surface area contributed by atoms with E-state index in [0.29, 0.717) is 17.8 Å². The number of benzene rings is 2. The Morgan fingerprint density at radius 3 is 2.11 bits per heavy atom. The van der Waals surface area contributed by atoms with Crippen LogP contribution in [-0.4, -0.2) is 46.8 Å². The fourth-order valence-corrected chi connectivity index (χ4v) is 4.96. The van der Waals surface area contributed by atoms with Crippen molar-refractivity contribution in [3.05, 3.63) is 71.3 Å². The van der Waals surface area contributed by atoms with Gasteiger partial charge in [0, 0.05) is 19.1 Å². The summed E-state index contributed by atoms with van der Waals surface area (Å²) >= 11 is 0. The lowest BCUT2D eigenvalue weighted by Gasteiger charge is -2.32. The number of aromatic nitrogens is 3.